The molecule has 2 aromatic carbocycles. The molecule has 7 nitrogen and oxygen atoms in total. The van der Waals surface area contributed by atoms with Gasteiger partial charge in [0.2, 0.25) is 15.9 Å². The molecule has 0 bridgehead atoms. The van der Waals surface area contributed by atoms with Gasteiger partial charge >= 0.3 is 0 Å². The van der Waals surface area contributed by atoms with Crippen molar-refractivity contribution in [2.24, 2.45) is 0 Å². The highest BCUT2D eigenvalue weighted by atomic mass is 32.2. The van der Waals surface area contributed by atoms with E-state index in [1.165, 1.54) is 19.2 Å². The fourth-order valence-corrected chi connectivity index (χ4v) is 3.37. The molecule has 0 aliphatic carbocycles. The largest absolute Gasteiger partial charge is 0.441 e. The molecular weight excluding hydrogens is 366 g/mol. The Kier molecular flexibility index (Phi) is 5.57. The lowest BCUT2D eigenvalue weighted by atomic mass is 10.1. The molecule has 0 aliphatic heterocycles. The Labute approximate surface area is 157 Å². The lowest BCUT2D eigenvalue weighted by molar-refractivity contribution is -0.116. The van der Waals surface area contributed by atoms with Crippen molar-refractivity contribution in [1.82, 2.24) is 9.71 Å². The number of nitrogens with one attached hydrogen (secondary N) is 2. The summed E-state index contributed by atoms with van der Waals surface area (Å²) in [5, 5.41) is 2.85. The van der Waals surface area contributed by atoms with Gasteiger partial charge in [-0.05, 0) is 49.4 Å². The smallest absolute Gasteiger partial charge is 0.240 e. The number of fused-ring (bicyclic) bond motifs is 1. The van der Waals surface area contributed by atoms with Crippen molar-refractivity contribution in [3.05, 3.63) is 53.9 Å². The molecule has 3 rings (SSSR count). The van der Waals surface area contributed by atoms with E-state index in [2.05, 4.69) is 15.0 Å². The highest BCUT2D eigenvalue weighted by Gasteiger charge is 2.11. The molecule has 1 heterocycles. The zero-order valence-corrected chi connectivity index (χ0v) is 16.0. The van der Waals surface area contributed by atoms with Gasteiger partial charge in [0.15, 0.2) is 11.5 Å². The van der Waals surface area contributed by atoms with E-state index < -0.39 is 10.0 Å². The number of amides is 1. The van der Waals surface area contributed by atoms with Gasteiger partial charge in [-0.1, -0.05) is 19.1 Å². The monoisotopic (exact) mass is 387 g/mol. The van der Waals surface area contributed by atoms with Crippen molar-refractivity contribution >= 4 is 32.7 Å². The van der Waals surface area contributed by atoms with E-state index in [-0.39, 0.29) is 17.2 Å². The molecule has 27 heavy (non-hydrogen) atoms. The molecule has 0 aliphatic rings. The molecular formula is C19H21N3O4S. The van der Waals surface area contributed by atoms with Gasteiger partial charge in [0.1, 0.15) is 5.52 Å². The quantitative estimate of drug-likeness (QED) is 0.649. The van der Waals surface area contributed by atoms with Gasteiger partial charge in [0.25, 0.3) is 0 Å². The van der Waals surface area contributed by atoms with E-state index in [1.807, 2.05) is 6.92 Å². The Morgan fingerprint density at radius 3 is 2.56 bits per heavy atom. The number of carbonyl (C=O) groups is 1. The summed E-state index contributed by atoms with van der Waals surface area (Å²) < 4.78 is 31.2. The number of sulfonamides is 1. The van der Waals surface area contributed by atoms with Gasteiger partial charge in [-0.15, -0.1) is 0 Å². The maximum Gasteiger partial charge on any atom is 0.240 e. The lowest BCUT2D eigenvalue weighted by Crippen LogP contribution is -2.18. The van der Waals surface area contributed by atoms with Crippen LogP contribution in [0.1, 0.15) is 24.8 Å². The van der Waals surface area contributed by atoms with Crippen LogP contribution in [0, 0.1) is 0 Å². The minimum absolute atomic E-state index is 0.125. The van der Waals surface area contributed by atoms with E-state index >= 15 is 0 Å². The van der Waals surface area contributed by atoms with E-state index in [9.17, 15) is 13.2 Å². The summed E-state index contributed by atoms with van der Waals surface area (Å²) in [7, 11) is -2.08. The fourth-order valence-electron chi connectivity index (χ4n) is 2.64. The third kappa shape index (κ3) is 4.53. The van der Waals surface area contributed by atoms with Gasteiger partial charge < -0.3 is 9.73 Å². The predicted octanol–water partition coefficient (Wildman–Crippen LogP) is 2.87. The summed E-state index contributed by atoms with van der Waals surface area (Å²) in [6, 6.07) is 11.8. The first kappa shape index (κ1) is 19.1. The number of hydrogen-bond donors (Lipinski definition) is 2. The zero-order chi connectivity index (χ0) is 19.4. The van der Waals surface area contributed by atoms with Crippen LogP contribution in [0.3, 0.4) is 0 Å². The Bertz CT molecular complexity index is 1060. The molecule has 142 valence electrons. The number of anilines is 1. The van der Waals surface area contributed by atoms with E-state index in [1.54, 1.807) is 30.3 Å². The summed E-state index contributed by atoms with van der Waals surface area (Å²) in [4.78, 5) is 16.8. The Morgan fingerprint density at radius 1 is 1.15 bits per heavy atom. The van der Waals surface area contributed by atoms with Gasteiger partial charge in [-0.3, -0.25) is 4.79 Å². The lowest BCUT2D eigenvalue weighted by Gasteiger charge is -2.06. The third-order valence-electron chi connectivity index (χ3n) is 4.16. The molecule has 1 aromatic heterocycles. The summed E-state index contributed by atoms with van der Waals surface area (Å²) in [6.07, 6.45) is 1.51. The highest BCUT2D eigenvalue weighted by Crippen LogP contribution is 2.20. The van der Waals surface area contributed by atoms with Gasteiger partial charge in [0, 0.05) is 18.5 Å². The SMILES string of the molecule is CCc1nc2cc(NC(=O)CCc3ccc(S(=O)(=O)NC)cc3)ccc2o1. The number of oxazole rings is 1. The molecule has 3 aromatic rings. The molecule has 0 unspecified atom stereocenters. The number of rotatable bonds is 7. The number of aromatic nitrogens is 1. The van der Waals surface area contributed by atoms with Crippen molar-refractivity contribution in [2.45, 2.75) is 31.1 Å². The van der Waals surface area contributed by atoms with E-state index in [0.29, 0.717) is 35.5 Å². The second-order valence-electron chi connectivity index (χ2n) is 6.04. The van der Waals surface area contributed by atoms with Crippen LogP contribution in [0.15, 0.2) is 51.8 Å². The summed E-state index contributed by atoms with van der Waals surface area (Å²) in [5.74, 6) is 0.540. The van der Waals surface area contributed by atoms with Crippen LogP contribution < -0.4 is 10.0 Å². The number of aryl methyl sites for hydroxylation is 2. The maximum atomic E-state index is 12.2. The van der Waals surface area contributed by atoms with Gasteiger partial charge in [0.05, 0.1) is 4.90 Å². The van der Waals surface area contributed by atoms with Gasteiger partial charge in [-0.2, -0.15) is 0 Å². The Morgan fingerprint density at radius 2 is 1.89 bits per heavy atom. The summed E-state index contributed by atoms with van der Waals surface area (Å²) in [5.41, 5.74) is 2.96. The van der Waals surface area contributed by atoms with Crippen molar-refractivity contribution in [2.75, 3.05) is 12.4 Å². The molecule has 0 fully saturated rings. The topological polar surface area (TPSA) is 101 Å². The van der Waals surface area contributed by atoms with Crippen molar-refractivity contribution in [1.29, 1.82) is 0 Å². The average Bonchev–Trinajstić information content (AvgIpc) is 3.09. The first-order valence-electron chi connectivity index (χ1n) is 8.63. The number of benzene rings is 2. The van der Waals surface area contributed by atoms with Crippen LogP contribution in [-0.2, 0) is 27.7 Å². The van der Waals surface area contributed by atoms with Crippen LogP contribution in [-0.4, -0.2) is 26.4 Å². The van der Waals surface area contributed by atoms with E-state index in [0.717, 1.165) is 5.56 Å². The first-order valence-corrected chi connectivity index (χ1v) is 10.1. The summed E-state index contributed by atoms with van der Waals surface area (Å²) >= 11 is 0. The molecule has 8 heteroatoms. The van der Waals surface area contributed by atoms with Crippen LogP contribution in [0.4, 0.5) is 5.69 Å². The highest BCUT2D eigenvalue weighted by molar-refractivity contribution is 7.89. The standard InChI is InChI=1S/C19H21N3O4S/c1-3-19-22-16-12-14(7-10-17(16)26-19)21-18(23)11-6-13-4-8-15(9-5-13)27(24,25)20-2/h4-5,7-10,12,20H,3,6,11H2,1-2H3,(H,21,23). The molecule has 0 radical (unpaired) electrons. The third-order valence-corrected chi connectivity index (χ3v) is 5.59. The van der Waals surface area contributed by atoms with Crippen LogP contribution in [0.25, 0.3) is 11.1 Å². The molecule has 2 N–H and O–H groups in total. The van der Waals surface area contributed by atoms with Gasteiger partial charge in [-0.25, -0.2) is 18.1 Å². The second kappa shape index (κ2) is 7.89. The minimum Gasteiger partial charge on any atom is -0.441 e. The normalized spacial score (nSPS) is 11.6. The molecule has 0 atom stereocenters. The molecule has 0 spiro atoms. The van der Waals surface area contributed by atoms with E-state index in [4.69, 9.17) is 4.42 Å². The second-order valence-corrected chi connectivity index (χ2v) is 7.93. The fraction of sp³-hybridized carbons (Fsp3) is 0.263. The average molecular weight is 387 g/mol. The number of nitrogens with zero attached hydrogens (tertiary/aromatic N) is 1. The van der Waals surface area contributed by atoms with Crippen molar-refractivity contribution in [3.8, 4) is 0 Å². The summed E-state index contributed by atoms with van der Waals surface area (Å²) in [6.45, 7) is 1.97. The van der Waals surface area contributed by atoms with Crippen LogP contribution in [0.5, 0.6) is 0 Å². The maximum absolute atomic E-state index is 12.2. The van der Waals surface area contributed by atoms with Crippen molar-refractivity contribution < 1.29 is 17.6 Å². The van der Waals surface area contributed by atoms with Crippen LogP contribution >= 0.6 is 0 Å². The van der Waals surface area contributed by atoms with Crippen LogP contribution in [0.2, 0.25) is 0 Å². The molecule has 0 saturated heterocycles. The number of hydrogen-bond acceptors (Lipinski definition) is 5. The zero-order valence-electron chi connectivity index (χ0n) is 15.2. The van der Waals surface area contributed by atoms with Crippen molar-refractivity contribution in [3.63, 3.8) is 0 Å². The Hall–Kier alpha value is -2.71. The Balaban J connectivity index is 1.59. The predicted molar refractivity (Wildman–Crippen MR) is 103 cm³/mol. The number of carbonyl (C=O) groups excluding carboxylic acids is 1. The molecule has 1 amide bonds. The first-order chi connectivity index (χ1) is 12.9. The minimum atomic E-state index is -3.45. The molecule has 0 saturated carbocycles.